The van der Waals surface area contributed by atoms with E-state index >= 15 is 0 Å². The summed E-state index contributed by atoms with van der Waals surface area (Å²) in [6, 6.07) is 5.55. The van der Waals surface area contributed by atoms with Gasteiger partial charge in [0.15, 0.2) is 0 Å². The van der Waals surface area contributed by atoms with Gasteiger partial charge in [-0.05, 0) is 24.6 Å². The normalized spacial score (nSPS) is 9.40. The van der Waals surface area contributed by atoms with E-state index in [2.05, 4.69) is 13.8 Å². The van der Waals surface area contributed by atoms with Crippen molar-refractivity contribution in [2.24, 2.45) is 0 Å². The Morgan fingerprint density at radius 2 is 1.47 bits per heavy atom. The number of unbranched alkanes of at least 4 members (excludes halogenated alkanes) is 3. The lowest BCUT2D eigenvalue weighted by Gasteiger charge is -1.94. The molecule has 0 saturated heterocycles. The van der Waals surface area contributed by atoms with Gasteiger partial charge in [-0.25, -0.2) is 0 Å². The molecule has 0 bridgehead atoms. The van der Waals surface area contributed by atoms with Crippen molar-refractivity contribution in [3.63, 3.8) is 0 Å². The van der Waals surface area contributed by atoms with Crippen LogP contribution in [0.3, 0.4) is 0 Å². The van der Waals surface area contributed by atoms with Gasteiger partial charge in [0, 0.05) is 0 Å². The zero-order chi connectivity index (χ0) is 11.7. The molecule has 0 heterocycles. The smallest absolute Gasteiger partial charge is 0.0594 e. The lowest BCUT2D eigenvalue weighted by Crippen LogP contribution is -1.70. The van der Waals surface area contributed by atoms with Crippen molar-refractivity contribution in [2.45, 2.75) is 46.5 Å². The summed E-state index contributed by atoms with van der Waals surface area (Å²) in [5, 5.41) is 1.24. The molecule has 0 aliphatic carbocycles. The fraction of sp³-hybridized carbons (Fsp3) is 0.538. The van der Waals surface area contributed by atoms with Gasteiger partial charge in [0.1, 0.15) is 0 Å². The van der Waals surface area contributed by atoms with Crippen LogP contribution in [0.5, 0.6) is 0 Å². The fourth-order valence-electron chi connectivity index (χ4n) is 1.10. The molecular formula is C13H20Cl2. The predicted octanol–water partition coefficient (Wildman–Crippen LogP) is 5.89. The first-order valence-electron chi connectivity index (χ1n) is 5.53. The quantitative estimate of drug-likeness (QED) is 0.584. The van der Waals surface area contributed by atoms with E-state index in [-0.39, 0.29) is 0 Å². The van der Waals surface area contributed by atoms with Gasteiger partial charge in [0.05, 0.1) is 10.0 Å². The molecule has 0 nitrogen and oxygen atoms in total. The average Bonchev–Trinajstić information content (AvgIpc) is 2.22. The molecular weight excluding hydrogens is 227 g/mol. The molecule has 0 aliphatic rings. The third kappa shape index (κ3) is 7.70. The van der Waals surface area contributed by atoms with Crippen molar-refractivity contribution in [1.29, 1.82) is 0 Å². The van der Waals surface area contributed by atoms with Crippen LogP contribution in [0.1, 0.15) is 45.1 Å². The molecule has 0 N–H and O–H groups in total. The second-order valence-electron chi connectivity index (χ2n) is 3.62. The summed E-state index contributed by atoms with van der Waals surface area (Å²) in [7, 11) is 0. The van der Waals surface area contributed by atoms with Gasteiger partial charge in [-0.3, -0.25) is 0 Å². The second kappa shape index (κ2) is 9.06. The molecule has 0 aromatic heterocycles. The topological polar surface area (TPSA) is 0 Å². The number of rotatable bonds is 3. The second-order valence-corrected chi connectivity index (χ2v) is 4.44. The van der Waals surface area contributed by atoms with Gasteiger partial charge in [-0.15, -0.1) is 0 Å². The van der Waals surface area contributed by atoms with Gasteiger partial charge in [-0.2, -0.15) is 0 Å². The Balaban J connectivity index is 0.000000288. The number of hydrogen-bond donors (Lipinski definition) is 0. The monoisotopic (exact) mass is 246 g/mol. The van der Waals surface area contributed by atoms with Crippen molar-refractivity contribution < 1.29 is 0 Å². The molecule has 0 radical (unpaired) electrons. The van der Waals surface area contributed by atoms with E-state index in [1.54, 1.807) is 6.07 Å². The zero-order valence-corrected chi connectivity index (χ0v) is 11.3. The Labute approximate surface area is 104 Å². The van der Waals surface area contributed by atoms with Gasteiger partial charge in [0.2, 0.25) is 0 Å². The third-order valence-electron chi connectivity index (χ3n) is 2.03. The highest BCUT2D eigenvalue weighted by atomic mass is 35.5. The summed E-state index contributed by atoms with van der Waals surface area (Å²) in [4.78, 5) is 0. The maximum absolute atomic E-state index is 5.68. The van der Waals surface area contributed by atoms with Crippen molar-refractivity contribution in [2.75, 3.05) is 0 Å². The van der Waals surface area contributed by atoms with E-state index in [4.69, 9.17) is 23.2 Å². The fourth-order valence-corrected chi connectivity index (χ4v) is 1.45. The van der Waals surface area contributed by atoms with Crippen LogP contribution in [0.4, 0.5) is 0 Å². The van der Waals surface area contributed by atoms with Gasteiger partial charge < -0.3 is 0 Å². The van der Waals surface area contributed by atoms with Crippen LogP contribution in [0.2, 0.25) is 10.0 Å². The number of halogens is 2. The van der Waals surface area contributed by atoms with Crippen molar-refractivity contribution in [3.05, 3.63) is 33.8 Å². The Bertz CT molecular complexity index is 265. The highest BCUT2D eigenvalue weighted by Gasteiger charge is 1.93. The summed E-state index contributed by atoms with van der Waals surface area (Å²) in [6.45, 7) is 6.44. The SMILES string of the molecule is CCCCCC.Cc1ccc(Cl)c(Cl)c1. The van der Waals surface area contributed by atoms with E-state index < -0.39 is 0 Å². The molecule has 0 amide bonds. The predicted molar refractivity (Wildman–Crippen MR) is 71.0 cm³/mol. The minimum Gasteiger partial charge on any atom is -0.0827 e. The number of benzene rings is 1. The largest absolute Gasteiger partial charge is 0.0827 e. The standard InChI is InChI=1S/C7H6Cl2.C6H14/c1-5-2-3-6(8)7(9)4-5;1-3-5-6-4-2/h2-4H,1H3;3-6H2,1-2H3. The molecule has 0 unspecified atom stereocenters. The van der Waals surface area contributed by atoms with E-state index in [1.165, 1.54) is 25.7 Å². The molecule has 86 valence electrons. The van der Waals surface area contributed by atoms with Crippen LogP contribution < -0.4 is 0 Å². The minimum atomic E-state index is 0.613. The lowest BCUT2D eigenvalue weighted by atomic mass is 10.2. The van der Waals surface area contributed by atoms with Crippen LogP contribution in [0.15, 0.2) is 18.2 Å². The van der Waals surface area contributed by atoms with Gasteiger partial charge in [0.25, 0.3) is 0 Å². The first-order valence-corrected chi connectivity index (χ1v) is 6.29. The first kappa shape index (κ1) is 14.8. The van der Waals surface area contributed by atoms with E-state index in [9.17, 15) is 0 Å². The highest BCUT2D eigenvalue weighted by molar-refractivity contribution is 6.41. The Morgan fingerprint density at radius 1 is 0.933 bits per heavy atom. The molecule has 1 aromatic rings. The van der Waals surface area contributed by atoms with Gasteiger partial charge in [-0.1, -0.05) is 68.8 Å². The van der Waals surface area contributed by atoms with Crippen molar-refractivity contribution in [3.8, 4) is 0 Å². The molecule has 15 heavy (non-hydrogen) atoms. The Morgan fingerprint density at radius 3 is 1.80 bits per heavy atom. The summed E-state index contributed by atoms with van der Waals surface area (Å²) in [6.07, 6.45) is 5.54. The Hall–Kier alpha value is -0.200. The summed E-state index contributed by atoms with van der Waals surface area (Å²) >= 11 is 11.3. The van der Waals surface area contributed by atoms with Crippen LogP contribution in [-0.2, 0) is 0 Å². The van der Waals surface area contributed by atoms with Crippen LogP contribution in [-0.4, -0.2) is 0 Å². The van der Waals surface area contributed by atoms with E-state index in [0.29, 0.717) is 10.0 Å². The highest BCUT2D eigenvalue weighted by Crippen LogP contribution is 2.21. The minimum absolute atomic E-state index is 0.613. The first-order chi connectivity index (χ1) is 7.11. The van der Waals surface area contributed by atoms with Crippen molar-refractivity contribution >= 4 is 23.2 Å². The molecule has 0 atom stereocenters. The van der Waals surface area contributed by atoms with Crippen LogP contribution in [0, 0.1) is 6.92 Å². The lowest BCUT2D eigenvalue weighted by molar-refractivity contribution is 0.702. The summed E-state index contributed by atoms with van der Waals surface area (Å²) in [5.74, 6) is 0. The number of hydrogen-bond acceptors (Lipinski definition) is 0. The zero-order valence-electron chi connectivity index (χ0n) is 9.82. The molecule has 1 rings (SSSR count). The van der Waals surface area contributed by atoms with Gasteiger partial charge >= 0.3 is 0 Å². The summed E-state index contributed by atoms with van der Waals surface area (Å²) in [5.41, 5.74) is 1.13. The maximum atomic E-state index is 5.68. The van der Waals surface area contributed by atoms with Crippen LogP contribution in [0.25, 0.3) is 0 Å². The molecule has 2 heteroatoms. The average molecular weight is 247 g/mol. The van der Waals surface area contributed by atoms with E-state index in [1.807, 2.05) is 19.1 Å². The third-order valence-corrected chi connectivity index (χ3v) is 2.77. The molecule has 0 saturated carbocycles. The van der Waals surface area contributed by atoms with E-state index in [0.717, 1.165) is 5.56 Å². The molecule has 1 aromatic carbocycles. The maximum Gasteiger partial charge on any atom is 0.0594 e. The molecule has 0 spiro atoms. The Kier molecular flexibility index (Phi) is 8.94. The molecule has 0 fully saturated rings. The number of aryl methyl sites for hydroxylation is 1. The van der Waals surface area contributed by atoms with Crippen molar-refractivity contribution in [1.82, 2.24) is 0 Å². The molecule has 0 aliphatic heterocycles. The summed E-state index contributed by atoms with van der Waals surface area (Å²) < 4.78 is 0. The van der Waals surface area contributed by atoms with Crippen LogP contribution >= 0.6 is 23.2 Å².